The maximum atomic E-state index is 13.0. The van der Waals surface area contributed by atoms with Gasteiger partial charge in [-0.3, -0.25) is 9.59 Å². The molecule has 0 unspecified atom stereocenters. The van der Waals surface area contributed by atoms with Crippen molar-refractivity contribution >= 4 is 44.2 Å². The molecule has 2 aliphatic rings. The van der Waals surface area contributed by atoms with Crippen molar-refractivity contribution in [3.63, 3.8) is 0 Å². The lowest BCUT2D eigenvalue weighted by Crippen LogP contribution is -2.51. The van der Waals surface area contributed by atoms with Gasteiger partial charge in [-0.15, -0.1) is 0 Å². The molecule has 1 saturated heterocycles. The number of benzene rings is 2. The number of likely N-dealkylation sites (N-methyl/N-ethyl adjacent to an activating group) is 1. The van der Waals surface area contributed by atoms with Gasteiger partial charge in [-0.05, 0) is 61.2 Å². The number of carbonyl (C=O) groups is 2. The van der Waals surface area contributed by atoms with E-state index in [2.05, 4.69) is 4.72 Å². The minimum atomic E-state index is -3.90. The number of sulfonamides is 1. The summed E-state index contributed by atoms with van der Waals surface area (Å²) in [6, 6.07) is 8.70. The largest absolute Gasteiger partial charge is 0.341 e. The summed E-state index contributed by atoms with van der Waals surface area (Å²) in [7, 11) is -2.11. The summed E-state index contributed by atoms with van der Waals surface area (Å²) in [5.74, 6) is -0.455. The fourth-order valence-corrected chi connectivity index (χ4v) is 6.15. The Morgan fingerprint density at radius 3 is 2.50 bits per heavy atom. The fourth-order valence-electron chi connectivity index (χ4n) is 4.71. The molecule has 1 N–H and O–H groups in total. The molecule has 1 aliphatic heterocycles. The molecule has 2 amide bonds. The molecule has 172 valence electrons. The average molecular weight is 478 g/mol. The lowest BCUT2D eigenvalue weighted by molar-refractivity contribution is -0.143. The standard InChI is InChI=1S/C23H28ClN3O4S/c1-15(22(28)26(2)19-5-3-4-6-19)27-12-11-21(23(27)29)25-32(30,31)20-10-8-16-13-18(24)9-7-17(16)14-20/h7-10,13-15,19,21,25H,3-6,11-12H2,1-2H3/t15-,21-/m0/s1. The second-order valence-corrected chi connectivity index (χ2v) is 10.9. The summed E-state index contributed by atoms with van der Waals surface area (Å²) in [5, 5.41) is 2.15. The van der Waals surface area contributed by atoms with E-state index in [-0.39, 0.29) is 22.8 Å². The summed E-state index contributed by atoms with van der Waals surface area (Å²) in [6.45, 7) is 2.06. The molecule has 1 aliphatic carbocycles. The number of hydrogen-bond donors (Lipinski definition) is 1. The number of fused-ring (bicyclic) bond motifs is 1. The van der Waals surface area contributed by atoms with Crippen LogP contribution in [0.2, 0.25) is 5.02 Å². The molecule has 2 aromatic rings. The van der Waals surface area contributed by atoms with Crippen LogP contribution in [-0.2, 0) is 19.6 Å². The number of nitrogens with one attached hydrogen (secondary N) is 1. The van der Waals surface area contributed by atoms with Gasteiger partial charge in [0.2, 0.25) is 21.8 Å². The van der Waals surface area contributed by atoms with Gasteiger partial charge in [-0.2, -0.15) is 4.72 Å². The van der Waals surface area contributed by atoms with E-state index in [1.54, 1.807) is 49.2 Å². The van der Waals surface area contributed by atoms with Crippen molar-refractivity contribution < 1.29 is 18.0 Å². The lowest BCUT2D eigenvalue weighted by Gasteiger charge is -2.31. The molecule has 1 saturated carbocycles. The van der Waals surface area contributed by atoms with Crippen LogP contribution in [-0.4, -0.2) is 61.7 Å². The number of amides is 2. The summed E-state index contributed by atoms with van der Waals surface area (Å²) in [5.41, 5.74) is 0. The van der Waals surface area contributed by atoms with Crippen LogP contribution in [0.25, 0.3) is 10.8 Å². The van der Waals surface area contributed by atoms with Crippen molar-refractivity contribution in [2.24, 2.45) is 0 Å². The predicted molar refractivity (Wildman–Crippen MR) is 124 cm³/mol. The topological polar surface area (TPSA) is 86.8 Å². The van der Waals surface area contributed by atoms with Gasteiger partial charge >= 0.3 is 0 Å². The number of rotatable bonds is 6. The van der Waals surface area contributed by atoms with Gasteiger partial charge in [-0.25, -0.2) is 8.42 Å². The maximum Gasteiger partial charge on any atom is 0.245 e. The van der Waals surface area contributed by atoms with Crippen molar-refractivity contribution in [2.75, 3.05) is 13.6 Å². The molecule has 2 atom stereocenters. The molecular formula is C23H28ClN3O4S. The molecule has 0 spiro atoms. The number of nitrogens with zero attached hydrogens (tertiary/aromatic N) is 2. The molecule has 2 fully saturated rings. The quantitative estimate of drug-likeness (QED) is 0.692. The minimum absolute atomic E-state index is 0.0867. The van der Waals surface area contributed by atoms with Crippen molar-refractivity contribution in [2.45, 2.75) is 62.0 Å². The van der Waals surface area contributed by atoms with Crippen molar-refractivity contribution in [3.05, 3.63) is 41.4 Å². The van der Waals surface area contributed by atoms with Crippen molar-refractivity contribution in [3.8, 4) is 0 Å². The zero-order valence-electron chi connectivity index (χ0n) is 18.3. The van der Waals surface area contributed by atoms with Gasteiger partial charge in [0.15, 0.2) is 0 Å². The first-order valence-electron chi connectivity index (χ1n) is 11.0. The van der Waals surface area contributed by atoms with Gasteiger partial charge in [0, 0.05) is 24.7 Å². The third kappa shape index (κ3) is 4.49. The van der Waals surface area contributed by atoms with E-state index in [9.17, 15) is 18.0 Å². The van der Waals surface area contributed by atoms with Crippen LogP contribution in [0.4, 0.5) is 0 Å². The normalized spacial score (nSPS) is 20.8. The summed E-state index contributed by atoms with van der Waals surface area (Å²) >= 11 is 6.00. The molecule has 0 radical (unpaired) electrons. The summed E-state index contributed by atoms with van der Waals surface area (Å²) in [6.07, 6.45) is 4.54. The molecule has 0 bridgehead atoms. The Balaban J connectivity index is 1.45. The smallest absolute Gasteiger partial charge is 0.245 e. The van der Waals surface area contributed by atoms with Crippen LogP contribution in [0.1, 0.15) is 39.0 Å². The summed E-state index contributed by atoms with van der Waals surface area (Å²) in [4.78, 5) is 29.2. The van der Waals surface area contributed by atoms with Gasteiger partial charge in [-0.1, -0.05) is 36.6 Å². The van der Waals surface area contributed by atoms with Crippen LogP contribution < -0.4 is 4.72 Å². The number of likely N-dealkylation sites (tertiary alicyclic amines) is 1. The number of halogens is 1. The molecule has 9 heteroatoms. The first-order valence-corrected chi connectivity index (χ1v) is 12.8. The first kappa shape index (κ1) is 23.0. The first-order chi connectivity index (χ1) is 15.2. The van der Waals surface area contributed by atoms with E-state index in [0.717, 1.165) is 36.5 Å². The Morgan fingerprint density at radius 1 is 1.12 bits per heavy atom. The Morgan fingerprint density at radius 2 is 1.78 bits per heavy atom. The maximum absolute atomic E-state index is 13.0. The zero-order chi connectivity index (χ0) is 23.0. The Labute approximate surface area is 193 Å². The van der Waals surface area contributed by atoms with E-state index in [1.165, 1.54) is 11.0 Å². The van der Waals surface area contributed by atoms with Crippen LogP contribution in [0.3, 0.4) is 0 Å². The molecule has 32 heavy (non-hydrogen) atoms. The van der Waals surface area contributed by atoms with Gasteiger partial charge < -0.3 is 9.80 Å². The lowest BCUT2D eigenvalue weighted by atomic mass is 10.1. The second-order valence-electron chi connectivity index (χ2n) is 8.71. The second kappa shape index (κ2) is 9.00. The Kier molecular flexibility index (Phi) is 6.47. The van der Waals surface area contributed by atoms with Crippen LogP contribution in [0.5, 0.6) is 0 Å². The van der Waals surface area contributed by atoms with E-state index in [0.29, 0.717) is 18.0 Å². The molecule has 2 aromatic carbocycles. The number of carbonyl (C=O) groups excluding carboxylic acids is 2. The Hall–Kier alpha value is -2.16. The van der Waals surface area contributed by atoms with Crippen LogP contribution in [0, 0.1) is 0 Å². The predicted octanol–water partition coefficient (Wildman–Crippen LogP) is 3.16. The van der Waals surface area contributed by atoms with Crippen molar-refractivity contribution in [1.29, 1.82) is 0 Å². The monoisotopic (exact) mass is 477 g/mol. The fraction of sp³-hybridized carbons (Fsp3) is 0.478. The SMILES string of the molecule is C[C@@H](C(=O)N(C)C1CCCC1)N1CC[C@H](NS(=O)(=O)c2ccc3cc(Cl)ccc3c2)C1=O. The van der Waals surface area contributed by atoms with Crippen LogP contribution >= 0.6 is 11.6 Å². The molecule has 4 rings (SSSR count). The van der Waals surface area contributed by atoms with Gasteiger partial charge in [0.05, 0.1) is 4.90 Å². The minimum Gasteiger partial charge on any atom is -0.341 e. The third-order valence-corrected chi connectivity index (χ3v) is 8.37. The highest BCUT2D eigenvalue weighted by Crippen LogP contribution is 2.26. The van der Waals surface area contributed by atoms with E-state index in [1.807, 2.05) is 0 Å². The van der Waals surface area contributed by atoms with E-state index in [4.69, 9.17) is 11.6 Å². The van der Waals surface area contributed by atoms with E-state index < -0.39 is 22.1 Å². The van der Waals surface area contributed by atoms with Crippen LogP contribution in [0.15, 0.2) is 41.3 Å². The highest BCUT2D eigenvalue weighted by molar-refractivity contribution is 7.89. The van der Waals surface area contributed by atoms with Gasteiger partial charge in [0.25, 0.3) is 0 Å². The molecule has 0 aromatic heterocycles. The molecular weight excluding hydrogens is 450 g/mol. The Bertz CT molecular complexity index is 1150. The highest BCUT2D eigenvalue weighted by atomic mass is 35.5. The number of hydrogen-bond acceptors (Lipinski definition) is 4. The highest BCUT2D eigenvalue weighted by Gasteiger charge is 2.40. The molecule has 1 heterocycles. The molecule has 7 nitrogen and oxygen atoms in total. The zero-order valence-corrected chi connectivity index (χ0v) is 19.8. The average Bonchev–Trinajstić information content (AvgIpc) is 3.42. The summed E-state index contributed by atoms with van der Waals surface area (Å²) < 4.78 is 28.4. The third-order valence-electron chi connectivity index (χ3n) is 6.67. The van der Waals surface area contributed by atoms with Gasteiger partial charge in [0.1, 0.15) is 12.1 Å². The van der Waals surface area contributed by atoms with Crippen molar-refractivity contribution in [1.82, 2.24) is 14.5 Å². The van der Waals surface area contributed by atoms with E-state index >= 15 is 0 Å².